The van der Waals surface area contributed by atoms with Gasteiger partial charge in [0.1, 0.15) is 17.8 Å². The van der Waals surface area contributed by atoms with Crippen LogP contribution in [0.3, 0.4) is 0 Å². The third-order valence-corrected chi connectivity index (χ3v) is 3.03. The van der Waals surface area contributed by atoms with Gasteiger partial charge >= 0.3 is 0 Å². The van der Waals surface area contributed by atoms with E-state index in [0.29, 0.717) is 16.9 Å². The standard InChI is InChI=1S/C13H11BrO3/c1-8-5-10(7-17-8)13(15)9-3-4-12(16-2)11(14)6-9/h3-7H,1-2H3. The van der Waals surface area contributed by atoms with Crippen LogP contribution in [0, 0.1) is 6.92 Å². The monoisotopic (exact) mass is 294 g/mol. The number of carbonyl (C=O) groups excluding carboxylic acids is 1. The molecule has 0 unspecified atom stereocenters. The van der Waals surface area contributed by atoms with Gasteiger partial charge in [-0.25, -0.2) is 0 Å². The molecule has 88 valence electrons. The smallest absolute Gasteiger partial charge is 0.196 e. The van der Waals surface area contributed by atoms with Crippen molar-refractivity contribution >= 4 is 21.7 Å². The summed E-state index contributed by atoms with van der Waals surface area (Å²) in [6, 6.07) is 6.95. The van der Waals surface area contributed by atoms with Crippen molar-refractivity contribution in [2.45, 2.75) is 6.92 Å². The maximum absolute atomic E-state index is 12.1. The predicted molar refractivity (Wildman–Crippen MR) is 67.6 cm³/mol. The van der Waals surface area contributed by atoms with Crippen LogP contribution in [-0.2, 0) is 0 Å². The summed E-state index contributed by atoms with van der Waals surface area (Å²) in [4.78, 5) is 12.1. The highest BCUT2D eigenvalue weighted by atomic mass is 79.9. The van der Waals surface area contributed by atoms with Gasteiger partial charge in [-0.05, 0) is 47.1 Å². The fourth-order valence-corrected chi connectivity index (χ4v) is 2.08. The van der Waals surface area contributed by atoms with E-state index in [1.807, 2.05) is 0 Å². The molecular formula is C13H11BrO3. The van der Waals surface area contributed by atoms with Crippen molar-refractivity contribution in [2.24, 2.45) is 0 Å². The van der Waals surface area contributed by atoms with E-state index in [1.54, 1.807) is 38.3 Å². The molecule has 0 aliphatic rings. The first kappa shape index (κ1) is 11.9. The topological polar surface area (TPSA) is 39.4 Å². The Morgan fingerprint density at radius 1 is 1.29 bits per heavy atom. The molecule has 0 saturated heterocycles. The Labute approximate surface area is 108 Å². The second-order valence-corrected chi connectivity index (χ2v) is 4.48. The highest BCUT2D eigenvalue weighted by molar-refractivity contribution is 9.10. The number of benzene rings is 1. The predicted octanol–water partition coefficient (Wildman–Crippen LogP) is 3.59. The molecule has 0 atom stereocenters. The lowest BCUT2D eigenvalue weighted by Gasteiger charge is -2.04. The number of halogens is 1. The maximum Gasteiger partial charge on any atom is 0.196 e. The van der Waals surface area contributed by atoms with Crippen LogP contribution in [-0.4, -0.2) is 12.9 Å². The lowest BCUT2D eigenvalue weighted by atomic mass is 10.1. The van der Waals surface area contributed by atoms with Gasteiger partial charge in [0.2, 0.25) is 0 Å². The molecule has 1 aromatic heterocycles. The molecule has 0 bridgehead atoms. The van der Waals surface area contributed by atoms with E-state index in [4.69, 9.17) is 9.15 Å². The molecule has 1 aromatic carbocycles. The number of hydrogen-bond donors (Lipinski definition) is 0. The lowest BCUT2D eigenvalue weighted by molar-refractivity contribution is 0.103. The van der Waals surface area contributed by atoms with Crippen molar-refractivity contribution in [1.29, 1.82) is 0 Å². The van der Waals surface area contributed by atoms with Gasteiger partial charge in [0, 0.05) is 5.56 Å². The third-order valence-electron chi connectivity index (χ3n) is 2.41. The van der Waals surface area contributed by atoms with Crippen LogP contribution in [0.25, 0.3) is 0 Å². The number of aryl methyl sites for hydroxylation is 1. The molecule has 0 saturated carbocycles. The molecular weight excluding hydrogens is 284 g/mol. The molecule has 2 rings (SSSR count). The van der Waals surface area contributed by atoms with Gasteiger partial charge in [-0.2, -0.15) is 0 Å². The summed E-state index contributed by atoms with van der Waals surface area (Å²) in [6.45, 7) is 1.81. The summed E-state index contributed by atoms with van der Waals surface area (Å²) < 4.78 is 11.0. The SMILES string of the molecule is COc1ccc(C(=O)c2coc(C)c2)cc1Br. The summed E-state index contributed by atoms with van der Waals surface area (Å²) in [5, 5.41) is 0. The van der Waals surface area contributed by atoms with Crippen LogP contribution in [0.1, 0.15) is 21.7 Å². The Kier molecular flexibility index (Phi) is 3.33. The molecule has 17 heavy (non-hydrogen) atoms. The van der Waals surface area contributed by atoms with Crippen molar-refractivity contribution in [3.63, 3.8) is 0 Å². The van der Waals surface area contributed by atoms with Gasteiger partial charge in [-0.1, -0.05) is 0 Å². The largest absolute Gasteiger partial charge is 0.496 e. The van der Waals surface area contributed by atoms with Crippen molar-refractivity contribution in [3.05, 3.63) is 51.9 Å². The Morgan fingerprint density at radius 3 is 2.59 bits per heavy atom. The molecule has 1 heterocycles. The first-order valence-corrected chi connectivity index (χ1v) is 5.84. The van der Waals surface area contributed by atoms with Crippen LogP contribution in [0.2, 0.25) is 0 Å². The van der Waals surface area contributed by atoms with E-state index in [2.05, 4.69) is 15.9 Å². The fourth-order valence-electron chi connectivity index (χ4n) is 1.54. The average Bonchev–Trinajstić information content (AvgIpc) is 2.75. The first-order chi connectivity index (χ1) is 8.11. The highest BCUT2D eigenvalue weighted by Gasteiger charge is 2.13. The minimum Gasteiger partial charge on any atom is -0.496 e. The minimum absolute atomic E-state index is 0.0646. The number of rotatable bonds is 3. The molecule has 0 radical (unpaired) electrons. The van der Waals surface area contributed by atoms with Crippen LogP contribution in [0.15, 0.2) is 39.4 Å². The minimum atomic E-state index is -0.0646. The summed E-state index contributed by atoms with van der Waals surface area (Å²) >= 11 is 3.35. The third kappa shape index (κ3) is 2.42. The molecule has 4 heteroatoms. The van der Waals surface area contributed by atoms with E-state index in [9.17, 15) is 4.79 Å². The Bertz CT molecular complexity index is 558. The molecule has 0 fully saturated rings. The van der Waals surface area contributed by atoms with Crippen molar-refractivity contribution < 1.29 is 13.9 Å². The molecule has 2 aromatic rings. The van der Waals surface area contributed by atoms with Crippen LogP contribution < -0.4 is 4.74 Å². The quantitative estimate of drug-likeness (QED) is 0.812. The van der Waals surface area contributed by atoms with E-state index >= 15 is 0 Å². The first-order valence-electron chi connectivity index (χ1n) is 5.05. The number of ether oxygens (including phenoxy) is 1. The Morgan fingerprint density at radius 2 is 2.06 bits per heavy atom. The number of furan rings is 1. The van der Waals surface area contributed by atoms with Gasteiger partial charge in [-0.3, -0.25) is 4.79 Å². The molecule has 0 aliphatic heterocycles. The summed E-state index contributed by atoms with van der Waals surface area (Å²) in [6.07, 6.45) is 1.47. The molecule has 0 aliphatic carbocycles. The van der Waals surface area contributed by atoms with Gasteiger partial charge in [0.15, 0.2) is 5.78 Å². The maximum atomic E-state index is 12.1. The van der Waals surface area contributed by atoms with Crippen LogP contribution >= 0.6 is 15.9 Å². The number of hydrogen-bond acceptors (Lipinski definition) is 3. The van der Waals surface area contributed by atoms with Crippen molar-refractivity contribution in [1.82, 2.24) is 0 Å². The summed E-state index contributed by atoms with van der Waals surface area (Å²) in [5.41, 5.74) is 1.15. The zero-order chi connectivity index (χ0) is 12.4. The molecule has 3 nitrogen and oxygen atoms in total. The fraction of sp³-hybridized carbons (Fsp3) is 0.154. The van der Waals surface area contributed by atoms with Gasteiger partial charge in [0.05, 0.1) is 17.1 Å². The van der Waals surface area contributed by atoms with E-state index in [1.165, 1.54) is 6.26 Å². The number of methoxy groups -OCH3 is 1. The average molecular weight is 295 g/mol. The Balaban J connectivity index is 2.35. The zero-order valence-corrected chi connectivity index (χ0v) is 11.1. The highest BCUT2D eigenvalue weighted by Crippen LogP contribution is 2.26. The second-order valence-electron chi connectivity index (χ2n) is 3.62. The van der Waals surface area contributed by atoms with Crippen LogP contribution in [0.4, 0.5) is 0 Å². The molecule has 0 amide bonds. The van der Waals surface area contributed by atoms with Gasteiger partial charge < -0.3 is 9.15 Å². The summed E-state index contributed by atoms with van der Waals surface area (Å²) in [5.74, 6) is 1.36. The van der Waals surface area contributed by atoms with E-state index < -0.39 is 0 Å². The van der Waals surface area contributed by atoms with E-state index in [0.717, 1.165) is 10.2 Å². The van der Waals surface area contributed by atoms with Crippen molar-refractivity contribution in [2.75, 3.05) is 7.11 Å². The van der Waals surface area contributed by atoms with Crippen LogP contribution in [0.5, 0.6) is 5.75 Å². The summed E-state index contributed by atoms with van der Waals surface area (Å²) in [7, 11) is 1.58. The van der Waals surface area contributed by atoms with Gasteiger partial charge in [-0.15, -0.1) is 0 Å². The molecule has 0 spiro atoms. The number of ketones is 1. The molecule has 0 N–H and O–H groups in total. The second kappa shape index (κ2) is 4.75. The zero-order valence-electron chi connectivity index (χ0n) is 9.49. The van der Waals surface area contributed by atoms with Crippen molar-refractivity contribution in [3.8, 4) is 5.75 Å². The Hall–Kier alpha value is -1.55. The van der Waals surface area contributed by atoms with E-state index in [-0.39, 0.29) is 5.78 Å². The van der Waals surface area contributed by atoms with Gasteiger partial charge in [0.25, 0.3) is 0 Å². The lowest BCUT2D eigenvalue weighted by Crippen LogP contribution is -1.99. The number of carbonyl (C=O) groups is 1. The normalized spacial score (nSPS) is 10.3.